The molecular weight excluding hydrogens is 234 g/mol. The van der Waals surface area contributed by atoms with Crippen LogP contribution in [0.15, 0.2) is 30.3 Å². The number of hydrogen-bond donors (Lipinski definition) is 1. The summed E-state index contributed by atoms with van der Waals surface area (Å²) in [5, 5.41) is 12.5. The van der Waals surface area contributed by atoms with E-state index in [1.54, 1.807) is 0 Å². The molecule has 0 radical (unpaired) electrons. The van der Waals surface area contributed by atoms with Crippen molar-refractivity contribution in [2.24, 2.45) is 0 Å². The smallest absolute Gasteiger partial charge is 0.108 e. The Morgan fingerprint density at radius 1 is 1.42 bits per heavy atom. The monoisotopic (exact) mass is 257 g/mol. The Hall–Kier alpha value is -1.37. The molecule has 0 aromatic heterocycles. The highest BCUT2D eigenvalue weighted by Crippen LogP contribution is 2.31. The number of nitrogens with zero attached hydrogens (tertiary/aromatic N) is 2. The molecule has 0 heterocycles. The molecule has 1 N–H and O–H groups in total. The van der Waals surface area contributed by atoms with E-state index < -0.39 is 0 Å². The Morgan fingerprint density at radius 2 is 2.16 bits per heavy atom. The SMILES string of the molecule is CNC1(C#N)CCC(N(C)CCc2ccccc2)C1. The average molecular weight is 257 g/mol. The topological polar surface area (TPSA) is 39.1 Å². The van der Waals surface area contributed by atoms with E-state index >= 15 is 0 Å². The first-order valence-corrected chi connectivity index (χ1v) is 7.03. The molecule has 102 valence electrons. The molecule has 0 aliphatic heterocycles. The van der Waals surface area contributed by atoms with Gasteiger partial charge in [-0.1, -0.05) is 30.3 Å². The van der Waals surface area contributed by atoms with E-state index in [1.807, 2.05) is 7.05 Å². The van der Waals surface area contributed by atoms with Gasteiger partial charge in [-0.25, -0.2) is 0 Å². The zero-order valence-corrected chi connectivity index (χ0v) is 11.9. The van der Waals surface area contributed by atoms with E-state index in [9.17, 15) is 5.26 Å². The summed E-state index contributed by atoms with van der Waals surface area (Å²) in [6.45, 7) is 1.06. The number of likely N-dealkylation sites (N-methyl/N-ethyl adjacent to an activating group) is 1. The van der Waals surface area contributed by atoms with Gasteiger partial charge < -0.3 is 10.2 Å². The van der Waals surface area contributed by atoms with Gasteiger partial charge in [0.05, 0.1) is 6.07 Å². The zero-order valence-electron chi connectivity index (χ0n) is 11.9. The van der Waals surface area contributed by atoms with Gasteiger partial charge in [0.25, 0.3) is 0 Å². The molecular formula is C16H23N3. The molecule has 0 amide bonds. The van der Waals surface area contributed by atoms with Crippen molar-refractivity contribution in [3.8, 4) is 6.07 Å². The van der Waals surface area contributed by atoms with Crippen molar-refractivity contribution in [3.63, 3.8) is 0 Å². The Labute approximate surface area is 116 Å². The first kappa shape index (κ1) is 14.0. The molecule has 1 aliphatic rings. The van der Waals surface area contributed by atoms with Crippen molar-refractivity contribution in [3.05, 3.63) is 35.9 Å². The number of benzene rings is 1. The van der Waals surface area contributed by atoms with Gasteiger partial charge in [0.15, 0.2) is 0 Å². The van der Waals surface area contributed by atoms with Crippen LogP contribution in [0, 0.1) is 11.3 Å². The maximum atomic E-state index is 9.29. The van der Waals surface area contributed by atoms with E-state index in [0.29, 0.717) is 6.04 Å². The molecule has 2 unspecified atom stereocenters. The Morgan fingerprint density at radius 3 is 2.74 bits per heavy atom. The standard InChI is InChI=1S/C16H23N3/c1-18-16(13-17)10-8-15(12-16)19(2)11-9-14-6-4-3-5-7-14/h3-7,15,18H,8-12H2,1-2H3. The maximum Gasteiger partial charge on any atom is 0.108 e. The third-order valence-electron chi connectivity index (χ3n) is 4.40. The molecule has 2 atom stereocenters. The second-order valence-corrected chi connectivity index (χ2v) is 5.56. The molecule has 0 saturated heterocycles. The molecule has 3 nitrogen and oxygen atoms in total. The minimum atomic E-state index is -0.300. The second-order valence-electron chi connectivity index (χ2n) is 5.56. The van der Waals surface area contributed by atoms with Crippen LogP contribution in [0.4, 0.5) is 0 Å². The molecule has 2 rings (SSSR count). The van der Waals surface area contributed by atoms with E-state index in [2.05, 4.69) is 53.7 Å². The normalized spacial score (nSPS) is 26.5. The van der Waals surface area contributed by atoms with Crippen LogP contribution in [0.5, 0.6) is 0 Å². The lowest BCUT2D eigenvalue weighted by Gasteiger charge is -2.26. The van der Waals surface area contributed by atoms with E-state index in [0.717, 1.165) is 32.2 Å². The Bertz CT molecular complexity index is 437. The first-order chi connectivity index (χ1) is 9.19. The van der Waals surface area contributed by atoms with Crippen LogP contribution in [-0.4, -0.2) is 37.1 Å². The Kier molecular flexibility index (Phi) is 4.57. The number of hydrogen-bond acceptors (Lipinski definition) is 3. The predicted molar refractivity (Wildman–Crippen MR) is 77.8 cm³/mol. The quantitative estimate of drug-likeness (QED) is 0.879. The fraction of sp³-hybridized carbons (Fsp3) is 0.562. The van der Waals surface area contributed by atoms with Crippen LogP contribution in [0.3, 0.4) is 0 Å². The van der Waals surface area contributed by atoms with Gasteiger partial charge in [-0.15, -0.1) is 0 Å². The van der Waals surface area contributed by atoms with Crippen molar-refractivity contribution in [1.82, 2.24) is 10.2 Å². The first-order valence-electron chi connectivity index (χ1n) is 7.03. The van der Waals surface area contributed by atoms with Gasteiger partial charge in [0, 0.05) is 12.6 Å². The van der Waals surface area contributed by atoms with Gasteiger partial charge in [-0.2, -0.15) is 5.26 Å². The van der Waals surface area contributed by atoms with Crippen molar-refractivity contribution in [1.29, 1.82) is 5.26 Å². The van der Waals surface area contributed by atoms with Crippen molar-refractivity contribution < 1.29 is 0 Å². The van der Waals surface area contributed by atoms with Crippen LogP contribution in [0.1, 0.15) is 24.8 Å². The van der Waals surface area contributed by atoms with Gasteiger partial charge in [0.2, 0.25) is 0 Å². The molecule has 1 fully saturated rings. The second kappa shape index (κ2) is 6.18. The third kappa shape index (κ3) is 3.34. The van der Waals surface area contributed by atoms with Gasteiger partial charge in [-0.3, -0.25) is 0 Å². The lowest BCUT2D eigenvalue weighted by atomic mass is 10.00. The summed E-state index contributed by atoms with van der Waals surface area (Å²) in [5.41, 5.74) is 1.08. The molecule has 1 aliphatic carbocycles. The van der Waals surface area contributed by atoms with Gasteiger partial charge >= 0.3 is 0 Å². The molecule has 1 saturated carbocycles. The zero-order chi connectivity index (χ0) is 13.7. The summed E-state index contributed by atoms with van der Waals surface area (Å²) in [4.78, 5) is 2.41. The highest BCUT2D eigenvalue weighted by Gasteiger charge is 2.39. The van der Waals surface area contributed by atoms with Gasteiger partial charge in [0.1, 0.15) is 5.54 Å². The summed E-state index contributed by atoms with van der Waals surface area (Å²) < 4.78 is 0. The number of rotatable bonds is 5. The fourth-order valence-electron chi connectivity index (χ4n) is 2.91. The minimum Gasteiger partial charge on any atom is -0.303 e. The van der Waals surface area contributed by atoms with Gasteiger partial charge in [-0.05, 0) is 45.3 Å². The summed E-state index contributed by atoms with van der Waals surface area (Å²) in [7, 11) is 4.08. The maximum absolute atomic E-state index is 9.29. The highest BCUT2D eigenvalue weighted by atomic mass is 15.1. The molecule has 0 spiro atoms. The Balaban J connectivity index is 1.85. The molecule has 1 aromatic carbocycles. The van der Waals surface area contributed by atoms with E-state index in [4.69, 9.17) is 0 Å². The predicted octanol–water partition coefficient (Wildman–Crippen LogP) is 2.20. The van der Waals surface area contributed by atoms with Crippen molar-refractivity contribution in [2.45, 2.75) is 37.3 Å². The third-order valence-corrected chi connectivity index (χ3v) is 4.40. The van der Waals surface area contributed by atoms with Crippen molar-refractivity contribution in [2.75, 3.05) is 20.6 Å². The van der Waals surface area contributed by atoms with Crippen LogP contribution in [0.2, 0.25) is 0 Å². The minimum absolute atomic E-state index is 0.300. The summed E-state index contributed by atoms with van der Waals surface area (Å²) in [6.07, 6.45) is 4.08. The summed E-state index contributed by atoms with van der Waals surface area (Å²) in [6, 6.07) is 13.6. The molecule has 19 heavy (non-hydrogen) atoms. The number of nitriles is 1. The molecule has 3 heteroatoms. The van der Waals surface area contributed by atoms with Crippen molar-refractivity contribution >= 4 is 0 Å². The summed E-state index contributed by atoms with van der Waals surface area (Å²) in [5.74, 6) is 0. The van der Waals surface area contributed by atoms with E-state index in [-0.39, 0.29) is 5.54 Å². The highest BCUT2D eigenvalue weighted by molar-refractivity contribution is 5.15. The fourth-order valence-corrected chi connectivity index (χ4v) is 2.91. The van der Waals surface area contributed by atoms with Crippen LogP contribution in [-0.2, 0) is 6.42 Å². The lowest BCUT2D eigenvalue weighted by Crippen LogP contribution is -2.41. The van der Waals surface area contributed by atoms with Crippen LogP contribution >= 0.6 is 0 Å². The van der Waals surface area contributed by atoms with Crippen LogP contribution in [0.25, 0.3) is 0 Å². The lowest BCUT2D eigenvalue weighted by molar-refractivity contribution is 0.240. The average Bonchev–Trinajstić information content (AvgIpc) is 2.91. The largest absolute Gasteiger partial charge is 0.303 e. The molecule has 0 bridgehead atoms. The molecule has 1 aromatic rings. The number of nitrogens with one attached hydrogen (secondary N) is 1. The van der Waals surface area contributed by atoms with E-state index in [1.165, 1.54) is 5.56 Å². The van der Waals surface area contributed by atoms with Crippen LogP contribution < -0.4 is 5.32 Å². The summed E-state index contributed by atoms with van der Waals surface area (Å²) >= 11 is 0.